The predicted octanol–water partition coefficient (Wildman–Crippen LogP) is 3.02. The summed E-state index contributed by atoms with van der Waals surface area (Å²) in [7, 11) is 0. The minimum atomic E-state index is -0.776. The summed E-state index contributed by atoms with van der Waals surface area (Å²) >= 11 is 5.72. The summed E-state index contributed by atoms with van der Waals surface area (Å²) in [6.07, 6.45) is 1.07. The number of benzene rings is 1. The fraction of sp³-hybridized carbons (Fsp3) is 0.0769. The normalized spacial score (nSPS) is 10.5. The van der Waals surface area contributed by atoms with Gasteiger partial charge in [-0.25, -0.2) is 13.8 Å². The van der Waals surface area contributed by atoms with Gasteiger partial charge in [-0.3, -0.25) is 4.79 Å². The molecule has 98 valence electrons. The fourth-order valence-corrected chi connectivity index (χ4v) is 1.76. The van der Waals surface area contributed by atoms with E-state index in [1.807, 2.05) is 0 Å². The quantitative estimate of drug-likeness (QED) is 0.881. The standard InChI is InChI=1S/C13H9ClF2N2O/c14-8-4-10(13(17)18-6-8)12(19)3-7-1-2-9(15)5-11(7)16/h1-2,4-6H,3H2,(H2,17,18). The highest BCUT2D eigenvalue weighted by Gasteiger charge is 2.15. The van der Waals surface area contributed by atoms with Gasteiger partial charge in [0.2, 0.25) is 0 Å². The van der Waals surface area contributed by atoms with Gasteiger partial charge in [0.1, 0.15) is 17.5 Å². The Kier molecular flexibility index (Phi) is 3.76. The second-order valence-electron chi connectivity index (χ2n) is 3.92. The average Bonchev–Trinajstić information content (AvgIpc) is 2.35. The van der Waals surface area contributed by atoms with Crippen molar-refractivity contribution in [3.63, 3.8) is 0 Å². The third-order valence-electron chi connectivity index (χ3n) is 2.55. The van der Waals surface area contributed by atoms with Crippen LogP contribution in [0.1, 0.15) is 15.9 Å². The molecule has 0 amide bonds. The van der Waals surface area contributed by atoms with E-state index in [-0.39, 0.29) is 28.4 Å². The van der Waals surface area contributed by atoms with Crippen LogP contribution in [-0.2, 0) is 6.42 Å². The summed E-state index contributed by atoms with van der Waals surface area (Å²) in [4.78, 5) is 15.7. The van der Waals surface area contributed by atoms with Crippen molar-refractivity contribution in [1.82, 2.24) is 4.98 Å². The first-order valence-corrected chi connectivity index (χ1v) is 5.73. The van der Waals surface area contributed by atoms with E-state index in [9.17, 15) is 13.6 Å². The lowest BCUT2D eigenvalue weighted by atomic mass is 10.0. The molecule has 0 spiro atoms. The van der Waals surface area contributed by atoms with Crippen molar-refractivity contribution < 1.29 is 13.6 Å². The summed E-state index contributed by atoms with van der Waals surface area (Å²) in [6, 6.07) is 4.40. The molecule has 2 aromatic rings. The molecule has 0 saturated heterocycles. The molecule has 0 atom stereocenters. The molecule has 2 rings (SSSR count). The first-order valence-electron chi connectivity index (χ1n) is 5.35. The first kappa shape index (κ1) is 13.4. The lowest BCUT2D eigenvalue weighted by Crippen LogP contribution is -2.09. The van der Waals surface area contributed by atoms with Gasteiger partial charge < -0.3 is 5.73 Å². The van der Waals surface area contributed by atoms with E-state index in [4.69, 9.17) is 17.3 Å². The number of anilines is 1. The molecule has 2 N–H and O–H groups in total. The van der Waals surface area contributed by atoms with Crippen molar-refractivity contribution in [3.05, 3.63) is 58.2 Å². The van der Waals surface area contributed by atoms with Crippen LogP contribution >= 0.6 is 11.6 Å². The zero-order valence-electron chi connectivity index (χ0n) is 9.66. The van der Waals surface area contributed by atoms with Gasteiger partial charge in [-0.15, -0.1) is 0 Å². The van der Waals surface area contributed by atoms with Crippen molar-refractivity contribution in [1.29, 1.82) is 0 Å². The van der Waals surface area contributed by atoms with Gasteiger partial charge in [0.05, 0.1) is 10.6 Å². The summed E-state index contributed by atoms with van der Waals surface area (Å²) < 4.78 is 26.2. The zero-order chi connectivity index (χ0) is 14.0. The molecule has 1 heterocycles. The average molecular weight is 283 g/mol. The number of pyridine rings is 1. The van der Waals surface area contributed by atoms with Crippen LogP contribution in [0.5, 0.6) is 0 Å². The number of carbonyl (C=O) groups excluding carboxylic acids is 1. The third-order valence-corrected chi connectivity index (χ3v) is 2.76. The number of ketones is 1. The Balaban J connectivity index is 2.28. The summed E-state index contributed by atoms with van der Waals surface area (Å²) in [5.41, 5.74) is 5.77. The van der Waals surface area contributed by atoms with Crippen LogP contribution in [0.2, 0.25) is 5.02 Å². The van der Waals surface area contributed by atoms with Gasteiger partial charge in [-0.05, 0) is 17.7 Å². The molecule has 6 heteroatoms. The predicted molar refractivity (Wildman–Crippen MR) is 68.1 cm³/mol. The molecule has 0 aliphatic heterocycles. The minimum Gasteiger partial charge on any atom is -0.383 e. The number of nitrogens with two attached hydrogens (primary N) is 1. The molecule has 0 saturated carbocycles. The largest absolute Gasteiger partial charge is 0.383 e. The Morgan fingerprint density at radius 2 is 2.05 bits per heavy atom. The zero-order valence-corrected chi connectivity index (χ0v) is 10.4. The SMILES string of the molecule is Nc1ncc(Cl)cc1C(=O)Cc1ccc(F)cc1F. The number of halogens is 3. The highest BCUT2D eigenvalue weighted by atomic mass is 35.5. The van der Waals surface area contributed by atoms with Gasteiger partial charge in [0.15, 0.2) is 5.78 Å². The van der Waals surface area contributed by atoms with Crippen molar-refractivity contribution in [2.75, 3.05) is 5.73 Å². The van der Waals surface area contributed by atoms with Crippen molar-refractivity contribution in [2.45, 2.75) is 6.42 Å². The topological polar surface area (TPSA) is 56.0 Å². The Morgan fingerprint density at radius 3 is 2.74 bits per heavy atom. The van der Waals surface area contributed by atoms with E-state index >= 15 is 0 Å². The summed E-state index contributed by atoms with van der Waals surface area (Å²) in [5, 5.41) is 0.261. The lowest BCUT2D eigenvalue weighted by molar-refractivity contribution is 0.0992. The molecular formula is C13H9ClF2N2O. The monoisotopic (exact) mass is 282 g/mol. The van der Waals surface area contributed by atoms with Crippen LogP contribution in [-0.4, -0.2) is 10.8 Å². The first-order chi connectivity index (χ1) is 8.97. The number of hydrogen-bond acceptors (Lipinski definition) is 3. The molecular weight excluding hydrogens is 274 g/mol. The molecule has 19 heavy (non-hydrogen) atoms. The van der Waals surface area contributed by atoms with E-state index < -0.39 is 17.4 Å². The van der Waals surface area contributed by atoms with Crippen LogP contribution in [0.3, 0.4) is 0 Å². The van der Waals surface area contributed by atoms with Crippen molar-refractivity contribution >= 4 is 23.2 Å². The molecule has 0 bridgehead atoms. The van der Waals surface area contributed by atoms with Gasteiger partial charge in [-0.1, -0.05) is 17.7 Å². The molecule has 0 aliphatic carbocycles. The number of Topliss-reactive ketones (excluding diaryl/α,β-unsaturated/α-hetero) is 1. The van der Waals surface area contributed by atoms with E-state index in [1.54, 1.807) is 0 Å². The van der Waals surface area contributed by atoms with Crippen LogP contribution in [0.25, 0.3) is 0 Å². The second kappa shape index (κ2) is 5.32. The molecule has 0 fully saturated rings. The molecule has 1 aromatic heterocycles. The Hall–Kier alpha value is -2.01. The van der Waals surface area contributed by atoms with E-state index in [1.165, 1.54) is 18.3 Å². The van der Waals surface area contributed by atoms with Crippen LogP contribution < -0.4 is 5.73 Å². The number of aromatic nitrogens is 1. The van der Waals surface area contributed by atoms with E-state index in [0.717, 1.165) is 12.1 Å². The van der Waals surface area contributed by atoms with Crippen LogP contribution in [0.15, 0.2) is 30.5 Å². The number of carbonyl (C=O) groups is 1. The Labute approximate surface area is 113 Å². The molecule has 3 nitrogen and oxygen atoms in total. The van der Waals surface area contributed by atoms with Crippen molar-refractivity contribution in [3.8, 4) is 0 Å². The number of nitrogens with zero attached hydrogens (tertiary/aromatic N) is 1. The van der Waals surface area contributed by atoms with Gasteiger partial charge in [0.25, 0.3) is 0 Å². The van der Waals surface area contributed by atoms with Crippen molar-refractivity contribution in [2.24, 2.45) is 0 Å². The molecule has 0 radical (unpaired) electrons. The lowest BCUT2D eigenvalue weighted by Gasteiger charge is -2.05. The maximum absolute atomic E-state index is 13.4. The smallest absolute Gasteiger partial charge is 0.171 e. The maximum atomic E-state index is 13.4. The highest BCUT2D eigenvalue weighted by Crippen LogP contribution is 2.18. The van der Waals surface area contributed by atoms with E-state index in [2.05, 4.69) is 4.98 Å². The molecule has 0 aliphatic rings. The fourth-order valence-electron chi connectivity index (χ4n) is 1.61. The Morgan fingerprint density at radius 1 is 1.32 bits per heavy atom. The number of nitrogen functional groups attached to an aromatic ring is 1. The van der Waals surface area contributed by atoms with Gasteiger partial charge in [-0.2, -0.15) is 0 Å². The summed E-state index contributed by atoms with van der Waals surface area (Å²) in [5.74, 6) is -1.88. The van der Waals surface area contributed by atoms with Gasteiger partial charge in [0, 0.05) is 18.7 Å². The van der Waals surface area contributed by atoms with E-state index in [0.29, 0.717) is 0 Å². The van der Waals surface area contributed by atoms with Gasteiger partial charge >= 0.3 is 0 Å². The highest BCUT2D eigenvalue weighted by molar-refractivity contribution is 6.31. The molecule has 1 aromatic carbocycles. The number of rotatable bonds is 3. The Bertz CT molecular complexity index is 647. The number of hydrogen-bond donors (Lipinski definition) is 1. The molecule has 0 unspecified atom stereocenters. The minimum absolute atomic E-state index is 0.0249. The van der Waals surface area contributed by atoms with Crippen LogP contribution in [0, 0.1) is 11.6 Å². The van der Waals surface area contributed by atoms with Crippen LogP contribution in [0.4, 0.5) is 14.6 Å². The summed E-state index contributed by atoms with van der Waals surface area (Å²) in [6.45, 7) is 0. The second-order valence-corrected chi connectivity index (χ2v) is 4.36. The maximum Gasteiger partial charge on any atom is 0.171 e. The third kappa shape index (κ3) is 3.06.